The summed E-state index contributed by atoms with van der Waals surface area (Å²) in [7, 11) is 0. The van der Waals surface area contributed by atoms with Gasteiger partial charge in [-0.25, -0.2) is 0 Å². The lowest BCUT2D eigenvalue weighted by Gasteiger charge is -2.10. The lowest BCUT2D eigenvalue weighted by Crippen LogP contribution is -2.15. The molecule has 0 spiro atoms. The smallest absolute Gasteiger partial charge is 0.272 e. The Labute approximate surface area is 93.6 Å². The van der Waals surface area contributed by atoms with Crippen molar-refractivity contribution in [3.8, 4) is 0 Å². The average molecular weight is 283 g/mol. The first-order valence-electron chi connectivity index (χ1n) is 4.62. The fourth-order valence-corrected chi connectivity index (χ4v) is 2.19. The van der Waals surface area contributed by atoms with Gasteiger partial charge in [-0.2, -0.15) is 18.3 Å². The molecule has 0 radical (unpaired) electrons. The van der Waals surface area contributed by atoms with Crippen LogP contribution in [0.25, 0.3) is 0 Å². The van der Waals surface area contributed by atoms with Crippen molar-refractivity contribution < 1.29 is 13.2 Å². The van der Waals surface area contributed by atoms with Crippen LogP contribution in [-0.2, 0) is 12.7 Å². The molecule has 0 saturated heterocycles. The first-order chi connectivity index (χ1) is 6.95. The molecule has 1 aliphatic carbocycles. The molecule has 1 saturated carbocycles. The molecule has 0 bridgehead atoms. The molecular formula is C9H10BrF3N2. The Morgan fingerprint density at radius 3 is 2.53 bits per heavy atom. The molecule has 0 aromatic carbocycles. The van der Waals surface area contributed by atoms with Crippen LogP contribution in [0.3, 0.4) is 0 Å². The molecule has 15 heavy (non-hydrogen) atoms. The minimum Gasteiger partial charge on any atom is -0.272 e. The van der Waals surface area contributed by atoms with Gasteiger partial charge in [-0.15, -0.1) is 0 Å². The third-order valence-corrected chi connectivity index (χ3v) is 3.86. The third kappa shape index (κ3) is 2.35. The summed E-state index contributed by atoms with van der Waals surface area (Å²) >= 11 is 3.37. The molecule has 1 aliphatic rings. The van der Waals surface area contributed by atoms with Gasteiger partial charge in [0.2, 0.25) is 0 Å². The zero-order chi connectivity index (χ0) is 11.1. The van der Waals surface area contributed by atoms with Gasteiger partial charge in [-0.3, -0.25) is 4.68 Å². The van der Waals surface area contributed by atoms with Crippen LogP contribution in [-0.4, -0.2) is 15.1 Å². The molecule has 1 aromatic rings. The van der Waals surface area contributed by atoms with Gasteiger partial charge in [-0.05, 0) is 24.3 Å². The van der Waals surface area contributed by atoms with E-state index in [9.17, 15) is 13.2 Å². The van der Waals surface area contributed by atoms with Crippen molar-refractivity contribution in [3.05, 3.63) is 18.0 Å². The van der Waals surface area contributed by atoms with Crippen molar-refractivity contribution in [1.82, 2.24) is 9.78 Å². The number of alkyl halides is 4. The SMILES string of the molecule is FC(F)(F)c1ccn(CC2(CBr)CC2)n1. The summed E-state index contributed by atoms with van der Waals surface area (Å²) in [5.74, 6) is 0. The predicted octanol–water partition coefficient (Wildman–Crippen LogP) is 3.08. The van der Waals surface area contributed by atoms with E-state index in [2.05, 4.69) is 21.0 Å². The first-order valence-corrected chi connectivity index (χ1v) is 5.74. The van der Waals surface area contributed by atoms with Gasteiger partial charge in [0.05, 0.1) is 0 Å². The highest BCUT2D eigenvalue weighted by Crippen LogP contribution is 2.48. The Morgan fingerprint density at radius 2 is 2.13 bits per heavy atom. The summed E-state index contributed by atoms with van der Waals surface area (Å²) in [6.07, 6.45) is -0.832. The number of halogens is 4. The van der Waals surface area contributed by atoms with E-state index in [0.29, 0.717) is 6.54 Å². The second-order valence-electron chi connectivity index (χ2n) is 4.03. The Kier molecular flexibility index (Phi) is 2.56. The number of hydrogen-bond acceptors (Lipinski definition) is 1. The Morgan fingerprint density at radius 1 is 1.47 bits per heavy atom. The van der Waals surface area contributed by atoms with Crippen LogP contribution >= 0.6 is 15.9 Å². The average Bonchev–Trinajstić information content (AvgIpc) is 2.73. The van der Waals surface area contributed by atoms with Gasteiger partial charge in [0.1, 0.15) is 0 Å². The monoisotopic (exact) mass is 282 g/mol. The maximum atomic E-state index is 12.2. The van der Waals surface area contributed by atoms with Crippen LogP contribution in [0.4, 0.5) is 13.2 Å². The molecule has 2 rings (SSSR count). The van der Waals surface area contributed by atoms with Crippen molar-refractivity contribution in [3.63, 3.8) is 0 Å². The van der Waals surface area contributed by atoms with Crippen LogP contribution in [0.1, 0.15) is 18.5 Å². The molecule has 0 atom stereocenters. The van der Waals surface area contributed by atoms with Crippen LogP contribution in [0.2, 0.25) is 0 Å². The highest BCUT2D eigenvalue weighted by Gasteiger charge is 2.42. The summed E-state index contributed by atoms with van der Waals surface area (Å²) in [6.45, 7) is 0.564. The lowest BCUT2D eigenvalue weighted by atomic mass is 10.1. The van der Waals surface area contributed by atoms with Gasteiger partial charge in [0.15, 0.2) is 5.69 Å². The fourth-order valence-electron chi connectivity index (χ4n) is 1.46. The summed E-state index contributed by atoms with van der Waals surface area (Å²) in [4.78, 5) is 0. The quantitative estimate of drug-likeness (QED) is 0.779. The Balaban J connectivity index is 2.08. The van der Waals surface area contributed by atoms with E-state index in [-0.39, 0.29) is 5.41 Å². The summed E-state index contributed by atoms with van der Waals surface area (Å²) < 4.78 is 38.1. The molecule has 2 nitrogen and oxygen atoms in total. The molecule has 6 heteroatoms. The largest absolute Gasteiger partial charge is 0.435 e. The minimum atomic E-state index is -4.34. The second kappa shape index (κ2) is 3.50. The molecule has 0 aliphatic heterocycles. The van der Waals surface area contributed by atoms with Crippen LogP contribution in [0.15, 0.2) is 12.3 Å². The minimum absolute atomic E-state index is 0.134. The Bertz CT molecular complexity index is 354. The number of rotatable bonds is 3. The molecule has 0 unspecified atom stereocenters. The molecule has 84 valence electrons. The van der Waals surface area contributed by atoms with Crippen LogP contribution in [0, 0.1) is 5.41 Å². The standard InChI is InChI=1S/C9H10BrF3N2/c10-5-8(2-3-8)6-15-4-1-7(14-15)9(11,12)13/h1,4H,2-3,5-6H2. The molecule has 0 amide bonds. The van der Waals surface area contributed by atoms with E-state index in [4.69, 9.17) is 0 Å². The molecule has 1 fully saturated rings. The predicted molar refractivity (Wildman–Crippen MR) is 52.7 cm³/mol. The maximum Gasteiger partial charge on any atom is 0.435 e. The lowest BCUT2D eigenvalue weighted by molar-refractivity contribution is -0.141. The molecular weight excluding hydrogens is 273 g/mol. The van der Waals surface area contributed by atoms with E-state index < -0.39 is 11.9 Å². The summed E-state index contributed by atoms with van der Waals surface area (Å²) in [6, 6.07) is 1.02. The van der Waals surface area contributed by atoms with E-state index in [1.54, 1.807) is 0 Å². The highest BCUT2D eigenvalue weighted by molar-refractivity contribution is 9.09. The molecule has 0 N–H and O–H groups in total. The van der Waals surface area contributed by atoms with Gasteiger partial charge >= 0.3 is 6.18 Å². The van der Waals surface area contributed by atoms with E-state index >= 15 is 0 Å². The number of hydrogen-bond donors (Lipinski definition) is 0. The van der Waals surface area contributed by atoms with E-state index in [0.717, 1.165) is 24.2 Å². The number of aromatic nitrogens is 2. The van der Waals surface area contributed by atoms with Gasteiger partial charge in [-0.1, -0.05) is 15.9 Å². The van der Waals surface area contributed by atoms with Crippen molar-refractivity contribution in [2.45, 2.75) is 25.6 Å². The van der Waals surface area contributed by atoms with Crippen molar-refractivity contribution >= 4 is 15.9 Å². The van der Waals surface area contributed by atoms with E-state index in [1.165, 1.54) is 10.9 Å². The van der Waals surface area contributed by atoms with Gasteiger partial charge in [0.25, 0.3) is 0 Å². The topological polar surface area (TPSA) is 17.8 Å². The maximum absolute atomic E-state index is 12.2. The normalized spacial score (nSPS) is 19.2. The van der Waals surface area contributed by atoms with Crippen molar-refractivity contribution in [2.75, 3.05) is 5.33 Å². The highest BCUT2D eigenvalue weighted by atomic mass is 79.9. The van der Waals surface area contributed by atoms with Gasteiger partial charge < -0.3 is 0 Å². The van der Waals surface area contributed by atoms with Crippen molar-refractivity contribution in [1.29, 1.82) is 0 Å². The van der Waals surface area contributed by atoms with Crippen LogP contribution < -0.4 is 0 Å². The fraction of sp³-hybridized carbons (Fsp3) is 0.667. The second-order valence-corrected chi connectivity index (χ2v) is 4.59. The van der Waals surface area contributed by atoms with Crippen LogP contribution in [0.5, 0.6) is 0 Å². The van der Waals surface area contributed by atoms with Gasteiger partial charge in [0, 0.05) is 18.1 Å². The molecule has 1 heterocycles. The summed E-state index contributed by atoms with van der Waals surface area (Å²) in [5.41, 5.74) is -0.678. The number of nitrogens with zero attached hydrogens (tertiary/aromatic N) is 2. The zero-order valence-electron chi connectivity index (χ0n) is 7.89. The zero-order valence-corrected chi connectivity index (χ0v) is 9.48. The first kappa shape index (κ1) is 11.0. The Hall–Kier alpha value is -0.520. The van der Waals surface area contributed by atoms with E-state index in [1.807, 2.05) is 0 Å². The van der Waals surface area contributed by atoms with Crippen molar-refractivity contribution in [2.24, 2.45) is 5.41 Å². The molecule has 1 aromatic heterocycles. The third-order valence-electron chi connectivity index (χ3n) is 2.67. The summed E-state index contributed by atoms with van der Waals surface area (Å²) in [5, 5.41) is 4.35.